The number of likely N-dealkylation sites (N-methyl/N-ethyl adjacent to an activating group) is 1. The van der Waals surface area contributed by atoms with E-state index in [9.17, 15) is 14.4 Å². The molecule has 1 aliphatic rings. The molecule has 0 fully saturated rings. The molecule has 1 rings (SSSR count). The molecule has 0 aromatic rings. The first kappa shape index (κ1) is 15.0. The lowest BCUT2D eigenvalue weighted by Gasteiger charge is -2.16. The number of hydrogen-bond acceptors (Lipinski definition) is 3. The molecule has 0 spiro atoms. The smallest absolute Gasteiger partial charge is 0.315 e. The first-order chi connectivity index (χ1) is 8.93. The van der Waals surface area contributed by atoms with Crippen molar-refractivity contribution in [1.82, 2.24) is 15.5 Å². The Balaban J connectivity index is 2.28. The number of urea groups is 1. The molecule has 106 valence electrons. The quantitative estimate of drug-likeness (QED) is 0.601. The third-order valence-corrected chi connectivity index (χ3v) is 3.02. The standard InChI is InChI=1S/C12H19N3O4/c1-3-15(2)10(16)7-13-12(19)14-9-5-4-8(6-9)11(17)18/h4-5,8-9H,3,6-7H2,1-2H3,(H,17,18)(H2,13,14,19). The van der Waals surface area contributed by atoms with Gasteiger partial charge in [0.05, 0.1) is 18.5 Å². The average molecular weight is 269 g/mol. The van der Waals surface area contributed by atoms with E-state index in [4.69, 9.17) is 5.11 Å². The number of rotatable bonds is 5. The number of hydrogen-bond donors (Lipinski definition) is 3. The topological polar surface area (TPSA) is 98.7 Å². The molecule has 7 nitrogen and oxygen atoms in total. The predicted molar refractivity (Wildman–Crippen MR) is 68.5 cm³/mol. The fraction of sp³-hybridized carbons (Fsp3) is 0.583. The van der Waals surface area contributed by atoms with Crippen molar-refractivity contribution in [1.29, 1.82) is 0 Å². The van der Waals surface area contributed by atoms with Crippen LogP contribution in [0, 0.1) is 5.92 Å². The Bertz CT molecular complexity index is 394. The van der Waals surface area contributed by atoms with Crippen molar-refractivity contribution in [3.05, 3.63) is 12.2 Å². The first-order valence-electron chi connectivity index (χ1n) is 6.13. The summed E-state index contributed by atoms with van der Waals surface area (Å²) in [5, 5.41) is 13.9. The van der Waals surface area contributed by atoms with Crippen LogP contribution in [0.15, 0.2) is 12.2 Å². The van der Waals surface area contributed by atoms with Crippen molar-refractivity contribution in [2.24, 2.45) is 5.92 Å². The minimum atomic E-state index is -0.902. The highest BCUT2D eigenvalue weighted by atomic mass is 16.4. The van der Waals surface area contributed by atoms with Gasteiger partial charge in [-0.2, -0.15) is 0 Å². The Morgan fingerprint density at radius 1 is 1.37 bits per heavy atom. The molecule has 0 bridgehead atoms. The number of carboxylic acid groups (broad SMARTS) is 1. The van der Waals surface area contributed by atoms with Crippen molar-refractivity contribution < 1.29 is 19.5 Å². The molecule has 0 aromatic carbocycles. The second-order valence-corrected chi connectivity index (χ2v) is 4.41. The molecule has 0 saturated heterocycles. The summed E-state index contributed by atoms with van der Waals surface area (Å²) in [4.78, 5) is 35.2. The lowest BCUT2D eigenvalue weighted by Crippen LogP contribution is -2.45. The molecule has 0 aliphatic heterocycles. The number of carbonyl (C=O) groups excluding carboxylic acids is 2. The number of aliphatic carboxylic acids is 1. The molecule has 3 N–H and O–H groups in total. The van der Waals surface area contributed by atoms with Crippen LogP contribution in [-0.2, 0) is 9.59 Å². The van der Waals surface area contributed by atoms with Crippen molar-refractivity contribution in [2.75, 3.05) is 20.1 Å². The summed E-state index contributed by atoms with van der Waals surface area (Å²) >= 11 is 0. The molecular weight excluding hydrogens is 250 g/mol. The van der Waals surface area contributed by atoms with Crippen molar-refractivity contribution >= 4 is 17.9 Å². The largest absolute Gasteiger partial charge is 0.481 e. The van der Waals surface area contributed by atoms with E-state index in [1.807, 2.05) is 6.92 Å². The maximum absolute atomic E-state index is 11.5. The predicted octanol–water partition coefficient (Wildman–Crippen LogP) is -0.207. The molecule has 3 amide bonds. The van der Waals surface area contributed by atoms with E-state index in [-0.39, 0.29) is 18.5 Å². The normalized spacial score (nSPS) is 20.9. The fourth-order valence-electron chi connectivity index (χ4n) is 1.68. The lowest BCUT2D eigenvalue weighted by atomic mass is 10.1. The maximum Gasteiger partial charge on any atom is 0.315 e. The van der Waals surface area contributed by atoms with E-state index in [2.05, 4.69) is 10.6 Å². The van der Waals surface area contributed by atoms with Crippen LogP contribution in [0.4, 0.5) is 4.79 Å². The van der Waals surface area contributed by atoms with Crippen LogP contribution in [-0.4, -0.2) is 54.1 Å². The van der Waals surface area contributed by atoms with Gasteiger partial charge in [0.25, 0.3) is 0 Å². The molecule has 0 heterocycles. The first-order valence-corrected chi connectivity index (χ1v) is 6.13. The Labute approximate surface area is 111 Å². The summed E-state index contributed by atoms with van der Waals surface area (Å²) in [6, 6.07) is -0.779. The molecule has 0 aromatic heterocycles. The van der Waals surface area contributed by atoms with Gasteiger partial charge in [-0.3, -0.25) is 9.59 Å². The summed E-state index contributed by atoms with van der Waals surface area (Å²) in [6.07, 6.45) is 3.55. The van der Waals surface area contributed by atoms with Gasteiger partial charge < -0.3 is 20.6 Å². The van der Waals surface area contributed by atoms with Gasteiger partial charge in [0.15, 0.2) is 0 Å². The van der Waals surface area contributed by atoms with E-state index in [1.54, 1.807) is 19.2 Å². The minimum absolute atomic E-state index is 0.0744. The highest BCUT2D eigenvalue weighted by Gasteiger charge is 2.25. The molecule has 0 radical (unpaired) electrons. The van der Waals surface area contributed by atoms with Gasteiger partial charge in [-0.1, -0.05) is 12.2 Å². The Hall–Kier alpha value is -2.05. The zero-order chi connectivity index (χ0) is 14.4. The maximum atomic E-state index is 11.5. The molecule has 1 aliphatic carbocycles. The Morgan fingerprint density at radius 3 is 2.58 bits per heavy atom. The number of nitrogens with zero attached hydrogens (tertiary/aromatic N) is 1. The average Bonchev–Trinajstić information content (AvgIpc) is 2.83. The summed E-state index contributed by atoms with van der Waals surface area (Å²) < 4.78 is 0. The number of amides is 3. The SMILES string of the molecule is CCN(C)C(=O)CNC(=O)NC1C=CC(C(=O)O)C1. The zero-order valence-electron chi connectivity index (χ0n) is 11.0. The van der Waals surface area contributed by atoms with Gasteiger partial charge in [0, 0.05) is 13.6 Å². The third kappa shape index (κ3) is 4.61. The van der Waals surface area contributed by atoms with Crippen LogP contribution in [0.5, 0.6) is 0 Å². The number of nitrogens with one attached hydrogen (secondary N) is 2. The van der Waals surface area contributed by atoms with Gasteiger partial charge >= 0.3 is 12.0 Å². The summed E-state index contributed by atoms with van der Waals surface area (Å²) in [5.74, 6) is -1.64. The van der Waals surface area contributed by atoms with E-state index in [1.165, 1.54) is 4.90 Å². The highest BCUT2D eigenvalue weighted by Crippen LogP contribution is 2.17. The summed E-state index contributed by atoms with van der Waals surface area (Å²) in [7, 11) is 1.65. The molecule has 19 heavy (non-hydrogen) atoms. The summed E-state index contributed by atoms with van der Waals surface area (Å²) in [5.41, 5.74) is 0. The van der Waals surface area contributed by atoms with Crippen LogP contribution in [0.1, 0.15) is 13.3 Å². The highest BCUT2D eigenvalue weighted by molar-refractivity contribution is 5.84. The molecule has 2 unspecified atom stereocenters. The molecular formula is C12H19N3O4. The molecule has 0 saturated carbocycles. The second kappa shape index (κ2) is 6.77. The summed E-state index contributed by atoms with van der Waals surface area (Å²) in [6.45, 7) is 2.34. The van der Waals surface area contributed by atoms with Crippen molar-refractivity contribution in [3.8, 4) is 0 Å². The van der Waals surface area contributed by atoms with E-state index >= 15 is 0 Å². The van der Waals surface area contributed by atoms with Gasteiger partial charge in [0.2, 0.25) is 5.91 Å². The van der Waals surface area contributed by atoms with Crippen LogP contribution in [0.2, 0.25) is 0 Å². The van der Waals surface area contributed by atoms with Crippen molar-refractivity contribution in [2.45, 2.75) is 19.4 Å². The second-order valence-electron chi connectivity index (χ2n) is 4.41. The van der Waals surface area contributed by atoms with E-state index in [0.29, 0.717) is 13.0 Å². The monoisotopic (exact) mass is 269 g/mol. The number of carboxylic acids is 1. The Morgan fingerprint density at radius 2 is 2.05 bits per heavy atom. The van der Waals surface area contributed by atoms with Gasteiger partial charge in [-0.05, 0) is 13.3 Å². The van der Waals surface area contributed by atoms with Crippen LogP contribution in [0.3, 0.4) is 0 Å². The molecule has 7 heteroatoms. The molecule has 2 atom stereocenters. The minimum Gasteiger partial charge on any atom is -0.481 e. The van der Waals surface area contributed by atoms with E-state index < -0.39 is 17.9 Å². The zero-order valence-corrected chi connectivity index (χ0v) is 11.0. The number of carbonyl (C=O) groups is 3. The van der Waals surface area contributed by atoms with Crippen molar-refractivity contribution in [3.63, 3.8) is 0 Å². The van der Waals surface area contributed by atoms with Gasteiger partial charge in [-0.25, -0.2) is 4.79 Å². The third-order valence-electron chi connectivity index (χ3n) is 3.02. The van der Waals surface area contributed by atoms with Gasteiger partial charge in [0.1, 0.15) is 0 Å². The van der Waals surface area contributed by atoms with E-state index in [0.717, 1.165) is 0 Å². The lowest BCUT2D eigenvalue weighted by molar-refractivity contribution is -0.140. The van der Waals surface area contributed by atoms with Crippen LogP contribution < -0.4 is 10.6 Å². The van der Waals surface area contributed by atoms with Gasteiger partial charge in [-0.15, -0.1) is 0 Å². The van der Waals surface area contributed by atoms with Crippen LogP contribution in [0.25, 0.3) is 0 Å². The fourth-order valence-corrected chi connectivity index (χ4v) is 1.68. The Kier molecular flexibility index (Phi) is 5.35. The van der Waals surface area contributed by atoms with Crippen LogP contribution >= 0.6 is 0 Å².